The maximum absolute atomic E-state index is 9.30. The van der Waals surface area contributed by atoms with Crippen LogP contribution in [-0.2, 0) is 13.5 Å². The van der Waals surface area contributed by atoms with E-state index in [-0.39, 0.29) is 6.61 Å². The summed E-state index contributed by atoms with van der Waals surface area (Å²) in [6.07, 6.45) is 4.49. The van der Waals surface area contributed by atoms with Crippen molar-refractivity contribution in [2.45, 2.75) is 6.42 Å². The van der Waals surface area contributed by atoms with Gasteiger partial charge in [0.15, 0.2) is 0 Å². The largest absolute Gasteiger partial charge is 0.396 e. The van der Waals surface area contributed by atoms with Crippen LogP contribution >= 0.6 is 0 Å². The number of benzene rings is 2. The number of aromatic nitrogens is 4. The monoisotopic (exact) mass is 318 g/mol. The Morgan fingerprint density at radius 1 is 1.08 bits per heavy atom. The average molecular weight is 318 g/mol. The summed E-state index contributed by atoms with van der Waals surface area (Å²) in [5.74, 6) is 0. The molecule has 1 N–H and O–H groups in total. The minimum Gasteiger partial charge on any atom is -0.396 e. The van der Waals surface area contributed by atoms with E-state index in [1.165, 1.54) is 0 Å². The summed E-state index contributed by atoms with van der Waals surface area (Å²) < 4.78 is 3.94. The van der Waals surface area contributed by atoms with E-state index in [0.717, 1.165) is 33.4 Å². The molecular formula is C19H18N4O. The van der Waals surface area contributed by atoms with Gasteiger partial charge in [0.05, 0.1) is 17.6 Å². The van der Waals surface area contributed by atoms with Crippen molar-refractivity contribution < 1.29 is 5.11 Å². The number of aliphatic hydroxyl groups excluding tert-OH is 1. The third-order valence-corrected chi connectivity index (χ3v) is 4.30. The zero-order valence-corrected chi connectivity index (χ0v) is 13.4. The first-order valence-electron chi connectivity index (χ1n) is 7.93. The fourth-order valence-electron chi connectivity index (χ4n) is 3.14. The highest BCUT2D eigenvalue weighted by atomic mass is 16.2. The van der Waals surface area contributed by atoms with Crippen LogP contribution in [0.3, 0.4) is 0 Å². The maximum Gasteiger partial charge on any atom is 0.0944 e. The zero-order chi connectivity index (χ0) is 16.5. The summed E-state index contributed by atoms with van der Waals surface area (Å²) in [5.41, 5.74) is 5.27. The molecule has 5 nitrogen and oxygen atoms in total. The van der Waals surface area contributed by atoms with Crippen LogP contribution in [0.4, 0.5) is 0 Å². The fourth-order valence-corrected chi connectivity index (χ4v) is 3.14. The fraction of sp³-hybridized carbons (Fsp3) is 0.158. The van der Waals surface area contributed by atoms with E-state index in [2.05, 4.69) is 33.2 Å². The molecule has 0 unspecified atom stereocenters. The van der Waals surface area contributed by atoms with Crippen molar-refractivity contribution in [3.8, 4) is 16.9 Å². The molecule has 2 aromatic carbocycles. The molecule has 2 heterocycles. The normalized spacial score (nSPS) is 11.2. The van der Waals surface area contributed by atoms with Gasteiger partial charge in [-0.1, -0.05) is 35.5 Å². The van der Waals surface area contributed by atoms with E-state index in [4.69, 9.17) is 0 Å². The number of hydrogen-bond acceptors (Lipinski definition) is 3. The quantitative estimate of drug-likeness (QED) is 0.629. The predicted molar refractivity (Wildman–Crippen MR) is 94.1 cm³/mol. The van der Waals surface area contributed by atoms with Gasteiger partial charge in [0, 0.05) is 36.3 Å². The zero-order valence-electron chi connectivity index (χ0n) is 13.4. The molecule has 24 heavy (non-hydrogen) atoms. The molecule has 0 saturated carbocycles. The Bertz CT molecular complexity index is 985. The minimum atomic E-state index is 0.141. The predicted octanol–water partition coefficient (Wildman–Crippen LogP) is 2.96. The average Bonchev–Trinajstić information content (AvgIpc) is 3.21. The third-order valence-electron chi connectivity index (χ3n) is 4.30. The van der Waals surface area contributed by atoms with Gasteiger partial charge < -0.3 is 9.67 Å². The van der Waals surface area contributed by atoms with E-state index < -0.39 is 0 Å². The van der Waals surface area contributed by atoms with Gasteiger partial charge in [0.1, 0.15) is 0 Å². The molecule has 5 heteroatoms. The molecule has 0 amide bonds. The second-order valence-electron chi connectivity index (χ2n) is 5.84. The Morgan fingerprint density at radius 3 is 2.71 bits per heavy atom. The van der Waals surface area contributed by atoms with Crippen molar-refractivity contribution in [3.05, 3.63) is 66.5 Å². The molecule has 4 aromatic rings. The second kappa shape index (κ2) is 5.94. The number of aryl methyl sites for hydroxylation is 1. The van der Waals surface area contributed by atoms with Crippen molar-refractivity contribution in [2.75, 3.05) is 6.61 Å². The van der Waals surface area contributed by atoms with Gasteiger partial charge >= 0.3 is 0 Å². The summed E-state index contributed by atoms with van der Waals surface area (Å²) in [5, 5.41) is 18.8. The topological polar surface area (TPSA) is 55.9 Å². The Kier molecular flexibility index (Phi) is 3.63. The number of rotatable bonds is 4. The molecule has 2 aromatic heterocycles. The highest BCUT2D eigenvalue weighted by Gasteiger charge is 2.12. The lowest BCUT2D eigenvalue weighted by Gasteiger charge is -2.07. The first kappa shape index (κ1) is 14.7. The van der Waals surface area contributed by atoms with E-state index in [1.807, 2.05) is 48.1 Å². The summed E-state index contributed by atoms with van der Waals surface area (Å²) in [7, 11) is 2.02. The number of nitrogens with zero attached hydrogens (tertiary/aromatic N) is 4. The Labute approximate surface area is 139 Å². The molecule has 4 rings (SSSR count). The van der Waals surface area contributed by atoms with Crippen molar-refractivity contribution in [1.82, 2.24) is 19.6 Å². The molecule has 0 spiro atoms. The number of aliphatic hydroxyl groups is 1. The summed E-state index contributed by atoms with van der Waals surface area (Å²) in [4.78, 5) is 0. The second-order valence-corrected chi connectivity index (χ2v) is 5.84. The Morgan fingerprint density at radius 2 is 1.92 bits per heavy atom. The Hall–Kier alpha value is -2.92. The molecule has 0 radical (unpaired) electrons. The molecule has 0 fully saturated rings. The first-order valence-corrected chi connectivity index (χ1v) is 7.93. The summed E-state index contributed by atoms with van der Waals surface area (Å²) >= 11 is 0. The minimum absolute atomic E-state index is 0.141. The van der Waals surface area contributed by atoms with Gasteiger partial charge in [-0.15, -0.1) is 5.10 Å². The highest BCUT2D eigenvalue weighted by molar-refractivity contribution is 5.86. The van der Waals surface area contributed by atoms with Crippen molar-refractivity contribution in [1.29, 1.82) is 0 Å². The van der Waals surface area contributed by atoms with Gasteiger partial charge in [-0.2, -0.15) is 0 Å². The van der Waals surface area contributed by atoms with E-state index in [1.54, 1.807) is 6.20 Å². The van der Waals surface area contributed by atoms with Gasteiger partial charge in [-0.3, -0.25) is 0 Å². The molecular weight excluding hydrogens is 300 g/mol. The number of hydrogen-bond donors (Lipinski definition) is 1. The lowest BCUT2D eigenvalue weighted by molar-refractivity contribution is 0.300. The first-order chi connectivity index (χ1) is 11.8. The van der Waals surface area contributed by atoms with E-state index in [0.29, 0.717) is 6.42 Å². The molecule has 0 aliphatic heterocycles. The SMILES string of the molecule is Cn1cc(CCO)c2cc(-n3nncc3-c3ccccc3)ccc21. The van der Waals surface area contributed by atoms with E-state index >= 15 is 0 Å². The van der Waals surface area contributed by atoms with Crippen molar-refractivity contribution in [3.63, 3.8) is 0 Å². The van der Waals surface area contributed by atoms with Gasteiger partial charge in [-0.25, -0.2) is 4.68 Å². The molecule has 120 valence electrons. The smallest absolute Gasteiger partial charge is 0.0944 e. The lowest BCUT2D eigenvalue weighted by Crippen LogP contribution is -1.99. The van der Waals surface area contributed by atoms with Crippen LogP contribution in [-0.4, -0.2) is 31.3 Å². The maximum atomic E-state index is 9.30. The lowest BCUT2D eigenvalue weighted by atomic mass is 10.1. The Balaban J connectivity index is 1.86. The molecule has 0 aliphatic carbocycles. The van der Waals surface area contributed by atoms with Crippen LogP contribution in [0.15, 0.2) is 60.9 Å². The van der Waals surface area contributed by atoms with Crippen LogP contribution in [0.2, 0.25) is 0 Å². The summed E-state index contributed by atoms with van der Waals surface area (Å²) in [6.45, 7) is 0.141. The van der Waals surface area contributed by atoms with Crippen LogP contribution in [0.25, 0.3) is 27.8 Å². The standard InChI is InChI=1S/C19H18N4O/c1-22-13-15(9-10-24)17-11-16(7-8-18(17)22)23-19(12-20-21-23)14-5-3-2-4-6-14/h2-8,11-13,24H,9-10H2,1H3. The summed E-state index contributed by atoms with van der Waals surface area (Å²) in [6, 6.07) is 16.4. The number of fused-ring (bicyclic) bond motifs is 1. The van der Waals surface area contributed by atoms with Crippen LogP contribution in [0.1, 0.15) is 5.56 Å². The molecule has 0 bridgehead atoms. The van der Waals surface area contributed by atoms with Gasteiger partial charge in [-0.05, 0) is 30.2 Å². The third kappa shape index (κ3) is 2.39. The molecule has 0 aliphatic rings. The van der Waals surface area contributed by atoms with Crippen LogP contribution < -0.4 is 0 Å². The van der Waals surface area contributed by atoms with Crippen LogP contribution in [0.5, 0.6) is 0 Å². The molecule has 0 saturated heterocycles. The molecule has 0 atom stereocenters. The van der Waals surface area contributed by atoms with Gasteiger partial charge in [0.25, 0.3) is 0 Å². The highest BCUT2D eigenvalue weighted by Crippen LogP contribution is 2.26. The van der Waals surface area contributed by atoms with Crippen molar-refractivity contribution in [2.24, 2.45) is 7.05 Å². The van der Waals surface area contributed by atoms with E-state index in [9.17, 15) is 5.11 Å². The van der Waals surface area contributed by atoms with Gasteiger partial charge in [0.2, 0.25) is 0 Å². The van der Waals surface area contributed by atoms with Crippen molar-refractivity contribution >= 4 is 10.9 Å². The van der Waals surface area contributed by atoms with Crippen LogP contribution in [0, 0.1) is 0 Å².